The lowest BCUT2D eigenvalue weighted by Gasteiger charge is -2.15. The van der Waals surface area contributed by atoms with E-state index in [4.69, 9.17) is 9.47 Å². The molecule has 0 bridgehead atoms. The first-order chi connectivity index (χ1) is 13.7. The number of amides is 1. The van der Waals surface area contributed by atoms with E-state index in [0.717, 1.165) is 22.6 Å². The van der Waals surface area contributed by atoms with E-state index >= 15 is 0 Å². The van der Waals surface area contributed by atoms with E-state index in [0.29, 0.717) is 19.6 Å². The Kier molecular flexibility index (Phi) is 7.08. The molecular weight excluding hydrogens is 350 g/mol. The van der Waals surface area contributed by atoms with Gasteiger partial charge in [0.2, 0.25) is 5.91 Å². The van der Waals surface area contributed by atoms with Crippen molar-refractivity contribution >= 4 is 5.91 Å². The van der Waals surface area contributed by atoms with Crippen LogP contribution in [0.2, 0.25) is 0 Å². The zero-order valence-electron chi connectivity index (χ0n) is 16.0. The Morgan fingerprint density at radius 3 is 2.07 bits per heavy atom. The SMILES string of the molecule is C[C@@H](COc1ccccc1)NC(=O)Cc1ccc(OCc2ccccc2)cc1. The van der Waals surface area contributed by atoms with Gasteiger partial charge in [0, 0.05) is 0 Å². The maximum atomic E-state index is 12.2. The molecule has 1 N–H and O–H groups in total. The molecule has 0 heterocycles. The van der Waals surface area contributed by atoms with Crippen LogP contribution in [0.3, 0.4) is 0 Å². The highest BCUT2D eigenvalue weighted by molar-refractivity contribution is 5.78. The molecule has 1 amide bonds. The number of benzene rings is 3. The van der Waals surface area contributed by atoms with Crippen LogP contribution in [-0.2, 0) is 17.8 Å². The van der Waals surface area contributed by atoms with E-state index in [-0.39, 0.29) is 11.9 Å². The number of para-hydroxylation sites is 1. The van der Waals surface area contributed by atoms with Gasteiger partial charge in [0.25, 0.3) is 0 Å². The molecule has 0 aliphatic carbocycles. The summed E-state index contributed by atoms with van der Waals surface area (Å²) in [6.07, 6.45) is 0.328. The van der Waals surface area contributed by atoms with Crippen molar-refractivity contribution in [3.05, 3.63) is 96.1 Å². The Bertz CT molecular complexity index is 848. The standard InChI is InChI=1S/C24H25NO3/c1-19(17-27-22-10-6-3-7-11-22)25-24(26)16-20-12-14-23(15-13-20)28-18-21-8-4-2-5-9-21/h2-15,19H,16-18H2,1H3,(H,25,26)/t19-/m0/s1. The Morgan fingerprint density at radius 1 is 0.786 bits per heavy atom. The Balaban J connectivity index is 1.41. The third-order valence-electron chi connectivity index (χ3n) is 4.19. The Morgan fingerprint density at radius 2 is 1.39 bits per heavy atom. The van der Waals surface area contributed by atoms with Crippen molar-refractivity contribution in [3.63, 3.8) is 0 Å². The van der Waals surface area contributed by atoms with E-state index in [1.54, 1.807) is 0 Å². The molecule has 0 aliphatic rings. The molecule has 0 aliphatic heterocycles. The van der Waals surface area contributed by atoms with Gasteiger partial charge < -0.3 is 14.8 Å². The molecule has 28 heavy (non-hydrogen) atoms. The second kappa shape index (κ2) is 10.2. The minimum atomic E-state index is -0.0683. The fraction of sp³-hybridized carbons (Fsp3) is 0.208. The van der Waals surface area contributed by atoms with E-state index in [1.807, 2.05) is 91.9 Å². The van der Waals surface area contributed by atoms with Crippen LogP contribution in [0.4, 0.5) is 0 Å². The molecule has 0 aromatic heterocycles. The number of ether oxygens (including phenoxy) is 2. The van der Waals surface area contributed by atoms with Crippen molar-refractivity contribution in [1.29, 1.82) is 0 Å². The maximum absolute atomic E-state index is 12.2. The maximum Gasteiger partial charge on any atom is 0.224 e. The van der Waals surface area contributed by atoms with Crippen molar-refractivity contribution in [3.8, 4) is 11.5 Å². The first-order valence-corrected chi connectivity index (χ1v) is 9.42. The Hall–Kier alpha value is -3.27. The number of nitrogens with one attached hydrogen (secondary N) is 1. The molecule has 3 aromatic carbocycles. The van der Waals surface area contributed by atoms with Gasteiger partial charge in [-0.2, -0.15) is 0 Å². The summed E-state index contributed by atoms with van der Waals surface area (Å²) in [5, 5.41) is 2.96. The highest BCUT2D eigenvalue weighted by Crippen LogP contribution is 2.15. The van der Waals surface area contributed by atoms with Gasteiger partial charge in [-0.15, -0.1) is 0 Å². The van der Waals surface area contributed by atoms with Gasteiger partial charge in [-0.05, 0) is 42.3 Å². The lowest BCUT2D eigenvalue weighted by atomic mass is 10.1. The molecule has 4 heteroatoms. The summed E-state index contributed by atoms with van der Waals surface area (Å²) in [6.45, 7) is 2.89. The fourth-order valence-electron chi connectivity index (χ4n) is 2.74. The van der Waals surface area contributed by atoms with Crippen LogP contribution in [0.15, 0.2) is 84.9 Å². The lowest BCUT2D eigenvalue weighted by Crippen LogP contribution is -2.37. The summed E-state index contributed by atoms with van der Waals surface area (Å²) in [6, 6.07) is 27.2. The molecule has 4 nitrogen and oxygen atoms in total. The summed E-state index contributed by atoms with van der Waals surface area (Å²) in [5.41, 5.74) is 2.07. The van der Waals surface area contributed by atoms with Crippen molar-refractivity contribution in [2.75, 3.05) is 6.61 Å². The second-order valence-corrected chi connectivity index (χ2v) is 6.69. The summed E-state index contributed by atoms with van der Waals surface area (Å²) in [5.74, 6) is 1.56. The average Bonchev–Trinajstić information content (AvgIpc) is 2.73. The minimum absolute atomic E-state index is 0.0258. The van der Waals surface area contributed by atoms with E-state index in [9.17, 15) is 4.79 Å². The quantitative estimate of drug-likeness (QED) is 0.603. The largest absolute Gasteiger partial charge is 0.491 e. The van der Waals surface area contributed by atoms with E-state index < -0.39 is 0 Å². The highest BCUT2D eigenvalue weighted by Gasteiger charge is 2.09. The molecule has 0 unspecified atom stereocenters. The number of hydrogen-bond acceptors (Lipinski definition) is 3. The van der Waals surface area contributed by atoms with Gasteiger partial charge >= 0.3 is 0 Å². The molecule has 3 rings (SSSR count). The summed E-state index contributed by atoms with van der Waals surface area (Å²) in [4.78, 5) is 12.2. The minimum Gasteiger partial charge on any atom is -0.491 e. The molecule has 3 aromatic rings. The highest BCUT2D eigenvalue weighted by atomic mass is 16.5. The third kappa shape index (κ3) is 6.47. The van der Waals surface area contributed by atoms with Crippen molar-refractivity contribution in [1.82, 2.24) is 5.32 Å². The van der Waals surface area contributed by atoms with Crippen LogP contribution in [0.25, 0.3) is 0 Å². The number of rotatable bonds is 9. The monoisotopic (exact) mass is 375 g/mol. The van der Waals surface area contributed by atoms with Gasteiger partial charge in [-0.1, -0.05) is 60.7 Å². The molecule has 0 fully saturated rings. The first kappa shape index (κ1) is 19.5. The summed E-state index contributed by atoms with van der Waals surface area (Å²) < 4.78 is 11.4. The van der Waals surface area contributed by atoms with Crippen LogP contribution in [-0.4, -0.2) is 18.6 Å². The molecule has 144 valence electrons. The number of hydrogen-bond donors (Lipinski definition) is 1. The normalized spacial score (nSPS) is 11.5. The number of carbonyl (C=O) groups excluding carboxylic acids is 1. The van der Waals surface area contributed by atoms with Gasteiger partial charge in [0.1, 0.15) is 24.7 Å². The molecule has 0 radical (unpaired) electrons. The molecule has 0 spiro atoms. The predicted octanol–water partition coefficient (Wildman–Crippen LogP) is 4.39. The molecule has 1 atom stereocenters. The van der Waals surface area contributed by atoms with Gasteiger partial charge in [0.05, 0.1) is 12.5 Å². The molecule has 0 saturated heterocycles. The first-order valence-electron chi connectivity index (χ1n) is 9.42. The van der Waals surface area contributed by atoms with Gasteiger partial charge in [-0.25, -0.2) is 0 Å². The van der Waals surface area contributed by atoms with Crippen molar-refractivity contribution in [2.24, 2.45) is 0 Å². The average molecular weight is 375 g/mol. The summed E-state index contributed by atoms with van der Waals surface area (Å²) >= 11 is 0. The lowest BCUT2D eigenvalue weighted by molar-refractivity contribution is -0.121. The number of carbonyl (C=O) groups is 1. The van der Waals surface area contributed by atoms with Crippen LogP contribution in [0.1, 0.15) is 18.1 Å². The topological polar surface area (TPSA) is 47.6 Å². The fourth-order valence-corrected chi connectivity index (χ4v) is 2.74. The van der Waals surface area contributed by atoms with Crippen molar-refractivity contribution in [2.45, 2.75) is 26.0 Å². The third-order valence-corrected chi connectivity index (χ3v) is 4.19. The van der Waals surface area contributed by atoms with Crippen molar-refractivity contribution < 1.29 is 14.3 Å². The van der Waals surface area contributed by atoms with Crippen LogP contribution in [0, 0.1) is 0 Å². The zero-order chi connectivity index (χ0) is 19.6. The molecule has 0 saturated carbocycles. The van der Waals surface area contributed by atoms with Gasteiger partial charge in [0.15, 0.2) is 0 Å². The molecular formula is C24H25NO3. The van der Waals surface area contributed by atoms with Crippen LogP contribution < -0.4 is 14.8 Å². The predicted molar refractivity (Wildman–Crippen MR) is 110 cm³/mol. The van der Waals surface area contributed by atoms with E-state index in [2.05, 4.69) is 5.32 Å². The van der Waals surface area contributed by atoms with Gasteiger partial charge in [-0.3, -0.25) is 4.79 Å². The summed E-state index contributed by atoms with van der Waals surface area (Å²) in [7, 11) is 0. The zero-order valence-corrected chi connectivity index (χ0v) is 16.0. The van der Waals surface area contributed by atoms with Crippen LogP contribution in [0.5, 0.6) is 11.5 Å². The smallest absolute Gasteiger partial charge is 0.224 e. The van der Waals surface area contributed by atoms with Crippen LogP contribution >= 0.6 is 0 Å². The Labute approximate surface area is 166 Å². The second-order valence-electron chi connectivity index (χ2n) is 6.69. The van der Waals surface area contributed by atoms with E-state index in [1.165, 1.54) is 0 Å².